The molecule has 0 aromatic heterocycles. The molecule has 0 radical (unpaired) electrons. The number of nitrogens with zero attached hydrogens (tertiary/aromatic N) is 1. The second kappa shape index (κ2) is 8.63. The van der Waals surface area contributed by atoms with Gasteiger partial charge in [0.05, 0.1) is 0 Å². The molecule has 130 valence electrons. The SMILES string of the molecule is CC(=O)Nc1ccc(NC(=O)CC(=O)N(C)Cc2ccccc2)cc1. The minimum atomic E-state index is -0.378. The first kappa shape index (κ1) is 18.2. The molecule has 0 heterocycles. The molecular formula is C19H21N3O3. The van der Waals surface area contributed by atoms with Crippen LogP contribution in [0.25, 0.3) is 0 Å². The summed E-state index contributed by atoms with van der Waals surface area (Å²) in [5.41, 5.74) is 2.22. The van der Waals surface area contributed by atoms with Gasteiger partial charge in [-0.05, 0) is 29.8 Å². The third kappa shape index (κ3) is 6.10. The molecule has 2 aromatic carbocycles. The van der Waals surface area contributed by atoms with Crippen molar-refractivity contribution in [3.8, 4) is 0 Å². The van der Waals surface area contributed by atoms with Crippen molar-refractivity contribution in [2.75, 3.05) is 17.7 Å². The van der Waals surface area contributed by atoms with Crippen LogP contribution < -0.4 is 10.6 Å². The Hall–Kier alpha value is -3.15. The largest absolute Gasteiger partial charge is 0.341 e. The van der Waals surface area contributed by atoms with Crippen LogP contribution in [0.4, 0.5) is 11.4 Å². The van der Waals surface area contributed by atoms with E-state index in [4.69, 9.17) is 0 Å². The van der Waals surface area contributed by atoms with Crippen LogP contribution in [-0.2, 0) is 20.9 Å². The van der Waals surface area contributed by atoms with Crippen LogP contribution in [-0.4, -0.2) is 29.7 Å². The standard InChI is InChI=1S/C19H21N3O3/c1-14(23)20-16-8-10-17(11-9-16)21-18(24)12-19(25)22(2)13-15-6-4-3-5-7-15/h3-11H,12-13H2,1-2H3,(H,20,23)(H,21,24). The monoisotopic (exact) mass is 339 g/mol. The van der Waals surface area contributed by atoms with Crippen LogP contribution >= 0.6 is 0 Å². The highest BCUT2D eigenvalue weighted by Gasteiger charge is 2.14. The molecular weight excluding hydrogens is 318 g/mol. The van der Waals surface area contributed by atoms with Gasteiger partial charge in [-0.25, -0.2) is 0 Å². The van der Waals surface area contributed by atoms with E-state index < -0.39 is 0 Å². The number of amides is 3. The highest BCUT2D eigenvalue weighted by atomic mass is 16.2. The molecule has 6 nitrogen and oxygen atoms in total. The number of nitrogens with one attached hydrogen (secondary N) is 2. The minimum Gasteiger partial charge on any atom is -0.341 e. The Morgan fingerprint density at radius 3 is 2.00 bits per heavy atom. The molecule has 0 aliphatic heterocycles. The molecule has 3 amide bonds. The van der Waals surface area contributed by atoms with E-state index in [1.54, 1.807) is 31.3 Å². The third-order valence-corrected chi connectivity index (χ3v) is 3.49. The summed E-state index contributed by atoms with van der Waals surface area (Å²) in [6, 6.07) is 16.3. The summed E-state index contributed by atoms with van der Waals surface area (Å²) in [5, 5.41) is 5.32. The van der Waals surface area contributed by atoms with Crippen molar-refractivity contribution in [2.45, 2.75) is 19.9 Å². The fourth-order valence-electron chi connectivity index (χ4n) is 2.26. The summed E-state index contributed by atoms with van der Waals surface area (Å²) < 4.78 is 0. The molecule has 0 fully saturated rings. The average molecular weight is 339 g/mol. The van der Waals surface area contributed by atoms with Crippen LogP contribution in [0.1, 0.15) is 18.9 Å². The fraction of sp³-hybridized carbons (Fsp3) is 0.211. The van der Waals surface area contributed by atoms with E-state index in [0.717, 1.165) is 5.56 Å². The van der Waals surface area contributed by atoms with Crippen molar-refractivity contribution in [1.29, 1.82) is 0 Å². The lowest BCUT2D eigenvalue weighted by molar-refractivity contribution is -0.134. The Balaban J connectivity index is 1.84. The molecule has 6 heteroatoms. The van der Waals surface area contributed by atoms with Crippen molar-refractivity contribution in [1.82, 2.24) is 4.90 Å². The van der Waals surface area contributed by atoms with E-state index >= 15 is 0 Å². The summed E-state index contributed by atoms with van der Waals surface area (Å²) in [7, 11) is 1.67. The number of anilines is 2. The van der Waals surface area contributed by atoms with E-state index in [-0.39, 0.29) is 24.1 Å². The summed E-state index contributed by atoms with van der Waals surface area (Å²) >= 11 is 0. The molecule has 2 N–H and O–H groups in total. The van der Waals surface area contributed by atoms with Gasteiger partial charge in [-0.2, -0.15) is 0 Å². The molecule has 0 unspecified atom stereocenters. The number of benzene rings is 2. The smallest absolute Gasteiger partial charge is 0.233 e. The zero-order valence-electron chi connectivity index (χ0n) is 14.3. The Bertz CT molecular complexity index is 742. The molecule has 25 heavy (non-hydrogen) atoms. The van der Waals surface area contributed by atoms with E-state index in [0.29, 0.717) is 17.9 Å². The first-order valence-corrected chi connectivity index (χ1v) is 7.89. The van der Waals surface area contributed by atoms with Gasteiger partial charge < -0.3 is 15.5 Å². The molecule has 0 saturated carbocycles. The van der Waals surface area contributed by atoms with Gasteiger partial charge in [-0.15, -0.1) is 0 Å². The van der Waals surface area contributed by atoms with Crippen molar-refractivity contribution in [3.63, 3.8) is 0 Å². The van der Waals surface area contributed by atoms with Gasteiger partial charge in [0.15, 0.2) is 0 Å². The van der Waals surface area contributed by atoms with Crippen molar-refractivity contribution >= 4 is 29.1 Å². The quantitative estimate of drug-likeness (QED) is 0.794. The normalized spacial score (nSPS) is 10.0. The first-order valence-electron chi connectivity index (χ1n) is 7.89. The highest BCUT2D eigenvalue weighted by Crippen LogP contribution is 2.14. The molecule has 0 saturated heterocycles. The predicted molar refractivity (Wildman–Crippen MR) is 96.9 cm³/mol. The van der Waals surface area contributed by atoms with E-state index in [9.17, 15) is 14.4 Å². The summed E-state index contributed by atoms with van der Waals surface area (Å²) in [6.07, 6.45) is -0.225. The van der Waals surface area contributed by atoms with Crippen molar-refractivity contribution < 1.29 is 14.4 Å². The highest BCUT2D eigenvalue weighted by molar-refractivity contribution is 6.03. The van der Waals surface area contributed by atoms with Gasteiger partial charge in [0.1, 0.15) is 6.42 Å². The molecule has 0 aliphatic rings. The maximum absolute atomic E-state index is 12.1. The topological polar surface area (TPSA) is 78.5 Å². The third-order valence-electron chi connectivity index (χ3n) is 3.49. The van der Waals surface area contributed by atoms with E-state index in [1.807, 2.05) is 30.3 Å². The second-order valence-corrected chi connectivity index (χ2v) is 5.72. The minimum absolute atomic E-state index is 0.163. The number of hydrogen-bond donors (Lipinski definition) is 2. The predicted octanol–water partition coefficient (Wildman–Crippen LogP) is 2.63. The van der Waals surface area contributed by atoms with E-state index in [2.05, 4.69) is 10.6 Å². The summed E-state index contributed by atoms with van der Waals surface area (Å²) in [6.45, 7) is 1.88. The van der Waals surface area contributed by atoms with Gasteiger partial charge in [0.2, 0.25) is 17.7 Å². The van der Waals surface area contributed by atoms with Gasteiger partial charge in [0, 0.05) is 31.9 Å². The van der Waals surface area contributed by atoms with Gasteiger partial charge >= 0.3 is 0 Å². The lowest BCUT2D eigenvalue weighted by atomic mass is 10.2. The van der Waals surface area contributed by atoms with Crippen LogP contribution in [0.3, 0.4) is 0 Å². The van der Waals surface area contributed by atoms with Crippen LogP contribution in [0.5, 0.6) is 0 Å². The lowest BCUT2D eigenvalue weighted by Crippen LogP contribution is -2.30. The zero-order chi connectivity index (χ0) is 18.2. The lowest BCUT2D eigenvalue weighted by Gasteiger charge is -2.17. The average Bonchev–Trinajstić information content (AvgIpc) is 2.57. The Labute approximate surface area is 146 Å². The Morgan fingerprint density at radius 2 is 1.44 bits per heavy atom. The molecule has 0 bridgehead atoms. The van der Waals surface area contributed by atoms with E-state index in [1.165, 1.54) is 11.8 Å². The van der Waals surface area contributed by atoms with Crippen LogP contribution in [0.15, 0.2) is 54.6 Å². The van der Waals surface area contributed by atoms with Crippen molar-refractivity contribution in [3.05, 3.63) is 60.2 Å². The maximum atomic E-state index is 12.1. The number of carbonyl (C=O) groups is 3. The maximum Gasteiger partial charge on any atom is 0.233 e. The molecule has 0 aliphatic carbocycles. The second-order valence-electron chi connectivity index (χ2n) is 5.72. The fourth-order valence-corrected chi connectivity index (χ4v) is 2.26. The van der Waals surface area contributed by atoms with Gasteiger partial charge in [-0.1, -0.05) is 30.3 Å². The Morgan fingerprint density at radius 1 is 0.880 bits per heavy atom. The first-order chi connectivity index (χ1) is 11.9. The number of rotatable bonds is 6. The van der Waals surface area contributed by atoms with Crippen LogP contribution in [0.2, 0.25) is 0 Å². The van der Waals surface area contributed by atoms with Crippen molar-refractivity contribution in [2.24, 2.45) is 0 Å². The van der Waals surface area contributed by atoms with Crippen LogP contribution in [0, 0.1) is 0 Å². The number of hydrogen-bond acceptors (Lipinski definition) is 3. The molecule has 2 rings (SSSR count). The molecule has 0 spiro atoms. The zero-order valence-corrected chi connectivity index (χ0v) is 14.3. The molecule has 0 atom stereocenters. The number of carbonyl (C=O) groups excluding carboxylic acids is 3. The Kier molecular flexibility index (Phi) is 6.28. The summed E-state index contributed by atoms with van der Waals surface area (Å²) in [4.78, 5) is 36.6. The molecule has 2 aromatic rings. The van der Waals surface area contributed by atoms with Gasteiger partial charge in [-0.3, -0.25) is 14.4 Å². The van der Waals surface area contributed by atoms with Gasteiger partial charge in [0.25, 0.3) is 0 Å². The summed E-state index contributed by atoms with van der Waals surface area (Å²) in [5.74, 6) is -0.794.